The number of allylic oxidation sites excluding steroid dienone is 26. The van der Waals surface area contributed by atoms with Crippen molar-refractivity contribution in [2.45, 2.75) is 284 Å². The van der Waals surface area contributed by atoms with Crippen molar-refractivity contribution in [1.82, 2.24) is 0 Å². The Balaban J connectivity index is 4.36. The van der Waals surface area contributed by atoms with Gasteiger partial charge in [-0.05, 0) is 148 Å². The minimum Gasteiger partial charge on any atom is -0.462 e. The third-order valence-corrected chi connectivity index (χ3v) is 13.5. The number of ether oxygens (including phenoxy) is 3. The lowest BCUT2D eigenvalue weighted by Crippen LogP contribution is -2.30. The summed E-state index contributed by atoms with van der Waals surface area (Å²) < 4.78 is 16.9. The van der Waals surface area contributed by atoms with Crippen LogP contribution in [0.25, 0.3) is 0 Å². The maximum absolute atomic E-state index is 12.9. The van der Waals surface area contributed by atoms with Gasteiger partial charge in [-0.1, -0.05) is 269 Å². The van der Waals surface area contributed by atoms with E-state index in [1.54, 1.807) is 0 Å². The zero-order chi connectivity index (χ0) is 58.5. The molecule has 0 spiro atoms. The Labute approximate surface area is 499 Å². The van der Waals surface area contributed by atoms with Gasteiger partial charge >= 0.3 is 17.9 Å². The summed E-state index contributed by atoms with van der Waals surface area (Å²) in [4.78, 5) is 38.3. The highest BCUT2D eigenvalue weighted by Gasteiger charge is 2.19. The Morgan fingerprint density at radius 2 is 0.506 bits per heavy atom. The van der Waals surface area contributed by atoms with Crippen molar-refractivity contribution in [3.05, 3.63) is 158 Å². The van der Waals surface area contributed by atoms with Crippen LogP contribution in [0.1, 0.15) is 278 Å². The molecule has 0 saturated carbocycles. The number of carbonyl (C=O) groups excluding carboxylic acids is 3. The van der Waals surface area contributed by atoms with Crippen LogP contribution in [-0.2, 0) is 28.6 Å². The van der Waals surface area contributed by atoms with Gasteiger partial charge in [0.05, 0.1) is 0 Å². The number of rotatable bonds is 58. The van der Waals surface area contributed by atoms with E-state index in [1.165, 1.54) is 57.8 Å². The maximum atomic E-state index is 12.9. The molecule has 0 aromatic rings. The summed E-state index contributed by atoms with van der Waals surface area (Å²) in [5, 5.41) is 0. The smallest absolute Gasteiger partial charge is 0.306 e. The van der Waals surface area contributed by atoms with Gasteiger partial charge in [-0.3, -0.25) is 14.4 Å². The third-order valence-electron chi connectivity index (χ3n) is 13.5. The van der Waals surface area contributed by atoms with Gasteiger partial charge in [-0.25, -0.2) is 0 Å². The summed E-state index contributed by atoms with van der Waals surface area (Å²) in [5.74, 6) is -0.942. The third kappa shape index (κ3) is 65.7. The van der Waals surface area contributed by atoms with Gasteiger partial charge in [0, 0.05) is 19.3 Å². The Bertz CT molecular complexity index is 1810. The monoisotopic (exact) mass is 1120 g/mol. The van der Waals surface area contributed by atoms with Crippen LogP contribution < -0.4 is 0 Å². The normalized spacial score (nSPS) is 13.2. The van der Waals surface area contributed by atoms with E-state index in [0.29, 0.717) is 19.3 Å². The Kier molecular flexibility index (Phi) is 63.4. The van der Waals surface area contributed by atoms with Crippen LogP contribution in [0, 0.1) is 0 Å². The van der Waals surface area contributed by atoms with Crippen LogP contribution in [0.5, 0.6) is 0 Å². The molecule has 0 radical (unpaired) electrons. The summed E-state index contributed by atoms with van der Waals surface area (Å²) >= 11 is 0. The van der Waals surface area contributed by atoms with Crippen molar-refractivity contribution < 1.29 is 28.6 Å². The molecule has 1 atom stereocenters. The fourth-order valence-electron chi connectivity index (χ4n) is 8.56. The zero-order valence-electron chi connectivity index (χ0n) is 52.2. The average Bonchev–Trinajstić information content (AvgIpc) is 3.46. The predicted molar refractivity (Wildman–Crippen MR) is 352 cm³/mol. The maximum Gasteiger partial charge on any atom is 0.306 e. The molecule has 0 saturated heterocycles. The van der Waals surface area contributed by atoms with Crippen molar-refractivity contribution in [1.29, 1.82) is 0 Å². The molecule has 0 bridgehead atoms. The molecule has 1 unspecified atom stereocenters. The lowest BCUT2D eigenvalue weighted by molar-refractivity contribution is -0.167. The summed E-state index contributed by atoms with van der Waals surface area (Å²) in [6.07, 6.45) is 98.2. The van der Waals surface area contributed by atoms with E-state index < -0.39 is 6.10 Å². The van der Waals surface area contributed by atoms with Gasteiger partial charge in [0.25, 0.3) is 0 Å². The number of hydrogen-bond acceptors (Lipinski definition) is 6. The quantitative estimate of drug-likeness (QED) is 0.0261. The van der Waals surface area contributed by atoms with E-state index in [2.05, 4.69) is 179 Å². The van der Waals surface area contributed by atoms with Crippen LogP contribution in [-0.4, -0.2) is 37.2 Å². The fraction of sp³-hybridized carbons (Fsp3) is 0.613. The van der Waals surface area contributed by atoms with Gasteiger partial charge in [0.15, 0.2) is 6.10 Å². The van der Waals surface area contributed by atoms with Crippen molar-refractivity contribution in [3.63, 3.8) is 0 Å². The van der Waals surface area contributed by atoms with Crippen LogP contribution in [0.4, 0.5) is 0 Å². The first-order chi connectivity index (χ1) is 40.0. The molecule has 0 aromatic carbocycles. The van der Waals surface area contributed by atoms with Gasteiger partial charge in [0.1, 0.15) is 13.2 Å². The van der Waals surface area contributed by atoms with Crippen molar-refractivity contribution in [3.8, 4) is 0 Å². The van der Waals surface area contributed by atoms with Gasteiger partial charge < -0.3 is 14.2 Å². The molecule has 0 N–H and O–H groups in total. The molecule has 0 amide bonds. The summed E-state index contributed by atoms with van der Waals surface area (Å²) in [6.45, 7) is 6.40. The molecule has 456 valence electrons. The van der Waals surface area contributed by atoms with Crippen LogP contribution in [0.2, 0.25) is 0 Å². The Morgan fingerprint density at radius 1 is 0.259 bits per heavy atom. The molecule has 0 aliphatic rings. The molecular weight excluding hydrogens is 997 g/mol. The van der Waals surface area contributed by atoms with Crippen LogP contribution in [0.3, 0.4) is 0 Å². The molecule has 0 rings (SSSR count). The molecule has 6 nitrogen and oxygen atoms in total. The molecule has 81 heavy (non-hydrogen) atoms. The average molecular weight is 1120 g/mol. The number of esters is 3. The highest BCUT2D eigenvalue weighted by Crippen LogP contribution is 2.14. The second-order valence-electron chi connectivity index (χ2n) is 21.3. The van der Waals surface area contributed by atoms with Crippen molar-refractivity contribution >= 4 is 17.9 Å². The van der Waals surface area contributed by atoms with Gasteiger partial charge in [-0.15, -0.1) is 0 Å². The predicted octanol–water partition coefficient (Wildman–Crippen LogP) is 22.9. The highest BCUT2D eigenvalue weighted by molar-refractivity contribution is 5.71. The Hall–Kier alpha value is -4.97. The molecular formula is C75H120O6. The zero-order valence-corrected chi connectivity index (χ0v) is 52.2. The first kappa shape index (κ1) is 76.0. The fourth-order valence-corrected chi connectivity index (χ4v) is 8.56. The van der Waals surface area contributed by atoms with E-state index in [-0.39, 0.29) is 31.1 Å². The molecule has 0 fully saturated rings. The highest BCUT2D eigenvalue weighted by atomic mass is 16.6. The second-order valence-corrected chi connectivity index (χ2v) is 21.3. The summed E-state index contributed by atoms with van der Waals surface area (Å²) in [5.41, 5.74) is 0. The van der Waals surface area contributed by atoms with Gasteiger partial charge in [-0.2, -0.15) is 0 Å². The first-order valence-electron chi connectivity index (χ1n) is 33.0. The minimum absolute atomic E-state index is 0.100. The van der Waals surface area contributed by atoms with E-state index in [1.807, 2.05) is 0 Å². The topological polar surface area (TPSA) is 78.9 Å². The molecule has 0 aliphatic carbocycles. The van der Waals surface area contributed by atoms with E-state index >= 15 is 0 Å². The first-order valence-corrected chi connectivity index (χ1v) is 33.0. The number of carbonyl (C=O) groups is 3. The summed E-state index contributed by atoms with van der Waals surface area (Å²) in [6, 6.07) is 0. The van der Waals surface area contributed by atoms with Crippen LogP contribution >= 0.6 is 0 Å². The van der Waals surface area contributed by atoms with Crippen molar-refractivity contribution in [2.75, 3.05) is 13.2 Å². The lowest BCUT2D eigenvalue weighted by Gasteiger charge is -2.18. The van der Waals surface area contributed by atoms with Crippen molar-refractivity contribution in [2.24, 2.45) is 0 Å². The largest absolute Gasteiger partial charge is 0.462 e. The number of hydrogen-bond donors (Lipinski definition) is 0. The molecule has 0 aliphatic heterocycles. The Morgan fingerprint density at radius 3 is 0.802 bits per heavy atom. The van der Waals surface area contributed by atoms with E-state index in [9.17, 15) is 14.4 Å². The molecule has 0 heterocycles. The summed E-state index contributed by atoms with van der Waals surface area (Å²) in [7, 11) is 0. The SMILES string of the molecule is CC/C=C\C/C=C\C/C=C\C/C=C\C/C=C\C/C=C\C/C=C\C/C=C\C/C=C\CCCCCCCC(=O)OCC(COC(=O)CCCCCCC/C=C\C/C=C\CCC)OC(=O)CCCCCCCCC/C=C\C/C=C\CCCCC. The minimum atomic E-state index is -0.804. The van der Waals surface area contributed by atoms with Gasteiger partial charge in [0.2, 0.25) is 0 Å². The lowest BCUT2D eigenvalue weighted by atomic mass is 10.1. The van der Waals surface area contributed by atoms with E-state index in [4.69, 9.17) is 14.2 Å². The molecule has 6 heteroatoms. The molecule has 0 aromatic heterocycles. The van der Waals surface area contributed by atoms with E-state index in [0.717, 1.165) is 180 Å². The second kappa shape index (κ2) is 67.5. The number of unbranched alkanes of at least 4 members (excludes halogenated alkanes) is 21. The van der Waals surface area contributed by atoms with Crippen LogP contribution in [0.15, 0.2) is 158 Å². The standard InChI is InChI=1S/C75H120O6/c1-4-7-10-13-16-19-22-25-27-29-30-31-32-33-34-35-36-37-38-39-40-41-42-43-44-46-47-50-53-56-59-62-65-68-74(77)80-71-72(70-79-73(76)67-64-61-58-55-52-49-24-21-18-15-12-9-6-3)81-75(78)69-66-63-60-57-54-51-48-45-28-26-23-20-17-14-11-8-5-2/h7,10,12,15-17,19-21,24-28,30-31,33-34,36-37,39-40,42-43,46-47,72H,4-6,8-9,11,13-14,18,22-23,29,32,35,38,41,44-45,48-71H2,1-3H3/b10-7-,15-12-,19-16-,20-17-,24-21-,27-25-,28-26-,31-30-,34-33-,37-36-,40-39-,43-42-,47-46-.